The molecule has 4 rings (SSSR count). The minimum Gasteiger partial charge on any atom is -0.497 e. The summed E-state index contributed by atoms with van der Waals surface area (Å²) in [6, 6.07) is 11.4. The first-order chi connectivity index (χ1) is 12.2. The number of hydrogen-bond donors (Lipinski definition) is 4. The van der Waals surface area contributed by atoms with Gasteiger partial charge in [-0.2, -0.15) is 0 Å². The Morgan fingerprint density at radius 1 is 1.36 bits per heavy atom. The van der Waals surface area contributed by atoms with E-state index in [1.807, 2.05) is 36.4 Å². The maximum absolute atomic E-state index is 12.2. The van der Waals surface area contributed by atoms with Crippen LogP contribution in [0.15, 0.2) is 36.4 Å². The molecule has 0 unspecified atom stereocenters. The number of carbonyl (C=O) groups excluding carboxylic acids is 1. The fourth-order valence-electron chi connectivity index (χ4n) is 2.70. The molecule has 2 heterocycles. The summed E-state index contributed by atoms with van der Waals surface area (Å²) in [5.41, 5.74) is 10.2. The fraction of sp³-hybridized carbons (Fsp3) is 0.176. The molecule has 0 fully saturated rings. The van der Waals surface area contributed by atoms with Gasteiger partial charge in [-0.25, -0.2) is 10.4 Å². The van der Waals surface area contributed by atoms with Crippen molar-refractivity contribution >= 4 is 44.0 Å². The summed E-state index contributed by atoms with van der Waals surface area (Å²) in [5, 5.41) is 6.54. The smallest absolute Gasteiger partial charge is 0.245 e. The fourth-order valence-corrected chi connectivity index (χ4v) is 3.72. The maximum Gasteiger partial charge on any atom is 0.245 e. The first-order valence-corrected chi connectivity index (χ1v) is 8.63. The van der Waals surface area contributed by atoms with E-state index in [4.69, 9.17) is 4.74 Å². The Morgan fingerprint density at radius 3 is 3.16 bits per heavy atom. The van der Waals surface area contributed by atoms with E-state index in [0.29, 0.717) is 5.13 Å². The number of fused-ring (bicyclic) bond motifs is 3. The number of amides is 1. The van der Waals surface area contributed by atoms with Gasteiger partial charge in [0, 0.05) is 23.9 Å². The number of benzene rings is 2. The van der Waals surface area contributed by atoms with Gasteiger partial charge in [0.1, 0.15) is 5.75 Å². The van der Waals surface area contributed by atoms with Crippen LogP contribution in [0, 0.1) is 0 Å². The van der Waals surface area contributed by atoms with Crippen LogP contribution in [0.2, 0.25) is 0 Å². The molecule has 1 aromatic heterocycles. The Morgan fingerprint density at radius 2 is 2.28 bits per heavy atom. The van der Waals surface area contributed by atoms with E-state index in [0.717, 1.165) is 33.9 Å². The SMILES string of the molecule is COc1cccc(NCC(=O)Nc2nc3ccc4c(c3s2)CNN4)c1. The largest absolute Gasteiger partial charge is 0.497 e. The van der Waals surface area contributed by atoms with E-state index in [1.165, 1.54) is 16.9 Å². The molecule has 0 spiro atoms. The van der Waals surface area contributed by atoms with Crippen molar-refractivity contribution in [1.29, 1.82) is 0 Å². The van der Waals surface area contributed by atoms with E-state index in [9.17, 15) is 4.79 Å². The number of aromatic nitrogens is 1. The van der Waals surface area contributed by atoms with Crippen LogP contribution in [0.5, 0.6) is 5.75 Å². The quantitative estimate of drug-likeness (QED) is 0.563. The van der Waals surface area contributed by atoms with Gasteiger partial charge < -0.3 is 20.8 Å². The Labute approximate surface area is 148 Å². The zero-order valence-corrected chi connectivity index (χ0v) is 14.4. The molecule has 128 valence electrons. The number of ether oxygens (including phenoxy) is 1. The summed E-state index contributed by atoms with van der Waals surface area (Å²) >= 11 is 1.49. The van der Waals surface area contributed by atoms with Gasteiger partial charge in [-0.3, -0.25) is 4.79 Å². The van der Waals surface area contributed by atoms with Crippen molar-refractivity contribution in [3.8, 4) is 5.75 Å². The molecule has 7 nitrogen and oxygen atoms in total. The number of nitrogens with zero attached hydrogens (tertiary/aromatic N) is 1. The summed E-state index contributed by atoms with van der Waals surface area (Å²) in [4.78, 5) is 16.7. The van der Waals surface area contributed by atoms with Crippen LogP contribution in [-0.2, 0) is 11.3 Å². The molecule has 1 amide bonds. The molecule has 4 N–H and O–H groups in total. The number of nitrogens with one attached hydrogen (secondary N) is 4. The van der Waals surface area contributed by atoms with Crippen LogP contribution in [0.1, 0.15) is 5.56 Å². The Balaban J connectivity index is 1.43. The van der Waals surface area contributed by atoms with Gasteiger partial charge in [0.25, 0.3) is 0 Å². The zero-order chi connectivity index (χ0) is 17.2. The topological polar surface area (TPSA) is 87.3 Å². The Bertz CT molecular complexity index is 940. The maximum atomic E-state index is 12.2. The second kappa shape index (κ2) is 6.58. The van der Waals surface area contributed by atoms with Crippen molar-refractivity contribution < 1.29 is 9.53 Å². The lowest BCUT2D eigenvalue weighted by atomic mass is 10.2. The van der Waals surface area contributed by atoms with E-state index in [2.05, 4.69) is 26.5 Å². The van der Waals surface area contributed by atoms with Crippen molar-refractivity contribution in [2.24, 2.45) is 0 Å². The van der Waals surface area contributed by atoms with Gasteiger partial charge in [0.2, 0.25) is 5.91 Å². The number of methoxy groups -OCH3 is 1. The van der Waals surface area contributed by atoms with E-state index in [1.54, 1.807) is 7.11 Å². The number of carbonyl (C=O) groups is 1. The minimum atomic E-state index is -0.144. The van der Waals surface area contributed by atoms with Crippen molar-refractivity contribution in [3.63, 3.8) is 0 Å². The molecule has 1 aliphatic heterocycles. The minimum absolute atomic E-state index is 0.144. The Kier molecular flexibility index (Phi) is 4.12. The average Bonchev–Trinajstić information content (AvgIpc) is 3.25. The standard InChI is InChI=1S/C17H17N5O2S/c1-24-11-4-2-3-10(7-11)18-9-15(23)21-17-20-14-6-5-13-12(8-19-22-13)16(14)25-17/h2-7,18-19,22H,8-9H2,1H3,(H,20,21,23). The van der Waals surface area contributed by atoms with Gasteiger partial charge in [-0.15, -0.1) is 0 Å². The molecular weight excluding hydrogens is 338 g/mol. The molecule has 1 aliphatic rings. The van der Waals surface area contributed by atoms with Crippen LogP contribution >= 0.6 is 11.3 Å². The summed E-state index contributed by atoms with van der Waals surface area (Å²) in [6.45, 7) is 0.907. The van der Waals surface area contributed by atoms with Crippen LogP contribution in [-0.4, -0.2) is 24.5 Å². The molecule has 25 heavy (non-hydrogen) atoms. The summed E-state index contributed by atoms with van der Waals surface area (Å²) in [5.74, 6) is 0.599. The van der Waals surface area contributed by atoms with Crippen LogP contribution in [0.25, 0.3) is 10.2 Å². The van der Waals surface area contributed by atoms with Crippen molar-refractivity contribution in [3.05, 3.63) is 42.0 Å². The number of rotatable bonds is 5. The summed E-state index contributed by atoms with van der Waals surface area (Å²) < 4.78 is 6.26. The third-order valence-corrected chi connectivity index (χ3v) is 4.96. The molecule has 0 radical (unpaired) electrons. The van der Waals surface area contributed by atoms with Crippen LogP contribution < -0.4 is 26.2 Å². The molecule has 0 atom stereocenters. The van der Waals surface area contributed by atoms with Gasteiger partial charge in [-0.05, 0) is 24.3 Å². The van der Waals surface area contributed by atoms with Gasteiger partial charge in [0.05, 0.1) is 29.6 Å². The Hall–Kier alpha value is -2.84. The van der Waals surface area contributed by atoms with Crippen LogP contribution in [0.3, 0.4) is 0 Å². The van der Waals surface area contributed by atoms with Crippen molar-refractivity contribution in [2.45, 2.75) is 6.54 Å². The first kappa shape index (κ1) is 15.7. The number of hydrogen-bond acceptors (Lipinski definition) is 7. The third kappa shape index (κ3) is 3.21. The highest BCUT2D eigenvalue weighted by atomic mass is 32.1. The molecule has 0 aliphatic carbocycles. The lowest BCUT2D eigenvalue weighted by Crippen LogP contribution is -2.21. The molecule has 2 aromatic carbocycles. The lowest BCUT2D eigenvalue weighted by molar-refractivity contribution is -0.114. The molecule has 0 bridgehead atoms. The molecule has 0 saturated heterocycles. The van der Waals surface area contributed by atoms with Crippen molar-refractivity contribution in [2.75, 3.05) is 29.7 Å². The normalized spacial score (nSPS) is 12.5. The van der Waals surface area contributed by atoms with Crippen LogP contribution in [0.4, 0.5) is 16.5 Å². The predicted octanol–water partition coefficient (Wildman–Crippen LogP) is 2.79. The lowest BCUT2D eigenvalue weighted by Gasteiger charge is -2.07. The number of hydrazine groups is 1. The second-order valence-electron chi connectivity index (χ2n) is 5.57. The van der Waals surface area contributed by atoms with Crippen molar-refractivity contribution in [1.82, 2.24) is 10.4 Å². The summed E-state index contributed by atoms with van der Waals surface area (Å²) in [6.07, 6.45) is 0. The number of thiazole rings is 1. The van der Waals surface area contributed by atoms with Gasteiger partial charge >= 0.3 is 0 Å². The van der Waals surface area contributed by atoms with Gasteiger partial charge in [0.15, 0.2) is 5.13 Å². The van der Waals surface area contributed by atoms with E-state index in [-0.39, 0.29) is 12.5 Å². The first-order valence-electron chi connectivity index (χ1n) is 7.82. The molecule has 0 saturated carbocycles. The van der Waals surface area contributed by atoms with E-state index < -0.39 is 0 Å². The second-order valence-corrected chi connectivity index (χ2v) is 6.57. The molecular formula is C17H17N5O2S. The van der Waals surface area contributed by atoms with E-state index >= 15 is 0 Å². The summed E-state index contributed by atoms with van der Waals surface area (Å²) in [7, 11) is 1.61. The average molecular weight is 355 g/mol. The highest BCUT2D eigenvalue weighted by molar-refractivity contribution is 7.22. The monoisotopic (exact) mass is 355 g/mol. The van der Waals surface area contributed by atoms with Gasteiger partial charge in [-0.1, -0.05) is 17.4 Å². The molecule has 3 aromatic rings. The number of anilines is 3. The predicted molar refractivity (Wildman–Crippen MR) is 100 cm³/mol. The zero-order valence-electron chi connectivity index (χ0n) is 13.6. The highest BCUT2D eigenvalue weighted by Gasteiger charge is 2.17. The third-order valence-electron chi connectivity index (χ3n) is 3.92. The molecule has 8 heteroatoms. The highest BCUT2D eigenvalue weighted by Crippen LogP contribution is 2.34.